The Balaban J connectivity index is 2.06. The van der Waals surface area contributed by atoms with E-state index in [-0.39, 0.29) is 5.02 Å². The van der Waals surface area contributed by atoms with Crippen LogP contribution in [-0.2, 0) is 6.42 Å². The third-order valence-corrected chi connectivity index (χ3v) is 3.99. The number of halogens is 2. The van der Waals surface area contributed by atoms with Gasteiger partial charge in [-0.1, -0.05) is 11.6 Å². The van der Waals surface area contributed by atoms with Crippen LogP contribution in [0.5, 0.6) is 0 Å². The Morgan fingerprint density at radius 3 is 3.05 bits per heavy atom. The summed E-state index contributed by atoms with van der Waals surface area (Å²) in [6.07, 6.45) is 5.07. The molecule has 1 atom stereocenters. The predicted octanol–water partition coefficient (Wildman–Crippen LogP) is 3.26. The first kappa shape index (κ1) is 12.6. The van der Waals surface area contributed by atoms with Crippen molar-refractivity contribution in [2.75, 3.05) is 7.05 Å². The van der Waals surface area contributed by atoms with Crippen LogP contribution in [0.1, 0.15) is 30.1 Å². The fourth-order valence-corrected chi connectivity index (χ4v) is 2.81. The second-order valence-corrected chi connectivity index (χ2v) is 5.20. The molecule has 0 spiro atoms. The highest BCUT2D eigenvalue weighted by molar-refractivity contribution is 6.30. The van der Waals surface area contributed by atoms with Crippen molar-refractivity contribution in [2.24, 2.45) is 0 Å². The van der Waals surface area contributed by atoms with E-state index < -0.39 is 5.82 Å². The van der Waals surface area contributed by atoms with Gasteiger partial charge in [0.15, 0.2) is 0 Å². The average molecular weight is 280 g/mol. The number of rotatable bonds is 2. The standard InChI is InChI=1S/C14H15ClFN3/c1-17-13-3-2-4-14-10(13)8-18-19(14)9-5-6-11(15)12(16)7-9/h5-8,13,17H,2-4H2,1H3. The fourth-order valence-electron chi connectivity index (χ4n) is 2.70. The lowest BCUT2D eigenvalue weighted by molar-refractivity contribution is 0.490. The van der Waals surface area contributed by atoms with Gasteiger partial charge in [-0.05, 0) is 38.4 Å². The predicted molar refractivity (Wildman–Crippen MR) is 73.3 cm³/mol. The van der Waals surface area contributed by atoms with Gasteiger partial charge in [0.25, 0.3) is 0 Å². The van der Waals surface area contributed by atoms with E-state index in [9.17, 15) is 4.39 Å². The molecule has 0 saturated heterocycles. The van der Waals surface area contributed by atoms with Crippen molar-refractivity contribution < 1.29 is 4.39 Å². The topological polar surface area (TPSA) is 29.9 Å². The number of fused-ring (bicyclic) bond motifs is 1. The highest BCUT2D eigenvalue weighted by atomic mass is 35.5. The van der Waals surface area contributed by atoms with Gasteiger partial charge >= 0.3 is 0 Å². The Morgan fingerprint density at radius 1 is 1.47 bits per heavy atom. The van der Waals surface area contributed by atoms with Gasteiger partial charge in [0.05, 0.1) is 16.9 Å². The van der Waals surface area contributed by atoms with E-state index in [1.165, 1.54) is 11.6 Å². The number of hydrogen-bond acceptors (Lipinski definition) is 2. The van der Waals surface area contributed by atoms with Crippen molar-refractivity contribution in [3.05, 3.63) is 46.5 Å². The molecule has 0 radical (unpaired) electrons. The molecule has 0 bridgehead atoms. The largest absolute Gasteiger partial charge is 0.313 e. The second kappa shape index (κ2) is 4.94. The number of aromatic nitrogens is 2. The molecule has 0 amide bonds. The quantitative estimate of drug-likeness (QED) is 0.914. The van der Waals surface area contributed by atoms with Crippen molar-refractivity contribution in [1.29, 1.82) is 0 Å². The Kier molecular flexibility index (Phi) is 3.29. The first-order valence-corrected chi connectivity index (χ1v) is 6.78. The van der Waals surface area contributed by atoms with Crippen LogP contribution in [0.4, 0.5) is 4.39 Å². The lowest BCUT2D eigenvalue weighted by Crippen LogP contribution is -2.21. The molecule has 0 saturated carbocycles. The summed E-state index contributed by atoms with van der Waals surface area (Å²) in [7, 11) is 1.96. The normalized spacial score (nSPS) is 18.4. The SMILES string of the molecule is CNC1CCCc2c1cnn2-c1ccc(Cl)c(F)c1. The van der Waals surface area contributed by atoms with Crippen molar-refractivity contribution in [1.82, 2.24) is 15.1 Å². The van der Waals surface area contributed by atoms with E-state index in [2.05, 4.69) is 10.4 Å². The molecule has 0 aliphatic heterocycles. The summed E-state index contributed by atoms with van der Waals surface area (Å²) < 4.78 is 15.4. The molecule has 0 fully saturated rings. The van der Waals surface area contributed by atoms with E-state index in [1.54, 1.807) is 12.1 Å². The first-order valence-electron chi connectivity index (χ1n) is 6.40. The highest BCUT2D eigenvalue weighted by Crippen LogP contribution is 2.31. The third-order valence-electron chi connectivity index (χ3n) is 3.68. The van der Waals surface area contributed by atoms with Gasteiger partial charge in [-0.3, -0.25) is 0 Å². The van der Waals surface area contributed by atoms with Crippen molar-refractivity contribution in [3.63, 3.8) is 0 Å². The van der Waals surface area contributed by atoms with E-state index in [1.807, 2.05) is 17.9 Å². The monoisotopic (exact) mass is 279 g/mol. The van der Waals surface area contributed by atoms with Gasteiger partial charge in [0, 0.05) is 23.4 Å². The number of benzene rings is 1. The molecule has 1 unspecified atom stereocenters. The first-order chi connectivity index (χ1) is 9.20. The van der Waals surface area contributed by atoms with Gasteiger partial charge in [-0.25, -0.2) is 9.07 Å². The summed E-state index contributed by atoms with van der Waals surface area (Å²) in [4.78, 5) is 0. The van der Waals surface area contributed by atoms with Gasteiger partial charge < -0.3 is 5.32 Å². The Morgan fingerprint density at radius 2 is 2.32 bits per heavy atom. The lowest BCUT2D eigenvalue weighted by atomic mass is 9.93. The van der Waals surface area contributed by atoms with Gasteiger partial charge in [-0.15, -0.1) is 0 Å². The summed E-state index contributed by atoms with van der Waals surface area (Å²) in [5, 5.41) is 7.84. The highest BCUT2D eigenvalue weighted by Gasteiger charge is 2.23. The number of nitrogens with one attached hydrogen (secondary N) is 1. The summed E-state index contributed by atoms with van der Waals surface area (Å²) in [5.74, 6) is -0.413. The van der Waals surface area contributed by atoms with Crippen molar-refractivity contribution in [2.45, 2.75) is 25.3 Å². The smallest absolute Gasteiger partial charge is 0.143 e. The second-order valence-electron chi connectivity index (χ2n) is 4.79. The van der Waals surface area contributed by atoms with Gasteiger partial charge in [0.1, 0.15) is 5.82 Å². The zero-order chi connectivity index (χ0) is 13.4. The van der Waals surface area contributed by atoms with Crippen molar-refractivity contribution >= 4 is 11.6 Å². The van der Waals surface area contributed by atoms with Gasteiger partial charge in [-0.2, -0.15) is 5.10 Å². The zero-order valence-corrected chi connectivity index (χ0v) is 11.4. The van der Waals surface area contributed by atoms with Gasteiger partial charge in [0.2, 0.25) is 0 Å². The summed E-state index contributed by atoms with van der Waals surface area (Å²) in [5.41, 5.74) is 3.09. The molecule has 1 N–H and O–H groups in total. The Labute approximate surface area is 116 Å². The maximum absolute atomic E-state index is 13.6. The summed E-state index contributed by atoms with van der Waals surface area (Å²) in [6, 6.07) is 5.13. The fraction of sp³-hybridized carbons (Fsp3) is 0.357. The Hall–Kier alpha value is -1.39. The average Bonchev–Trinajstić information content (AvgIpc) is 2.85. The molecule has 2 aromatic rings. The summed E-state index contributed by atoms with van der Waals surface area (Å²) >= 11 is 5.72. The molecule has 3 rings (SSSR count). The molecule has 100 valence electrons. The number of nitrogens with zero attached hydrogens (tertiary/aromatic N) is 2. The molecule has 19 heavy (non-hydrogen) atoms. The molecule has 5 heteroatoms. The Bertz CT molecular complexity index is 609. The van der Waals surface area contributed by atoms with Crippen LogP contribution < -0.4 is 5.32 Å². The van der Waals surface area contributed by atoms with Crippen LogP contribution in [0.15, 0.2) is 24.4 Å². The van der Waals surface area contributed by atoms with E-state index >= 15 is 0 Å². The minimum atomic E-state index is -0.413. The molecule has 3 nitrogen and oxygen atoms in total. The molecule has 1 aliphatic carbocycles. The molecular formula is C14H15ClFN3. The third kappa shape index (κ3) is 2.15. The van der Waals surface area contributed by atoms with Crippen LogP contribution in [-0.4, -0.2) is 16.8 Å². The molecular weight excluding hydrogens is 265 g/mol. The zero-order valence-electron chi connectivity index (χ0n) is 10.7. The van der Waals surface area contributed by atoms with E-state index in [0.717, 1.165) is 30.6 Å². The molecule has 1 aliphatic rings. The summed E-state index contributed by atoms with van der Waals surface area (Å²) in [6.45, 7) is 0. The van der Waals surface area contributed by atoms with Crippen LogP contribution in [0, 0.1) is 5.82 Å². The molecule has 1 aromatic carbocycles. The maximum atomic E-state index is 13.6. The van der Waals surface area contributed by atoms with Crippen LogP contribution in [0.25, 0.3) is 5.69 Å². The molecule has 1 heterocycles. The number of hydrogen-bond donors (Lipinski definition) is 1. The minimum Gasteiger partial charge on any atom is -0.313 e. The van der Waals surface area contributed by atoms with E-state index in [0.29, 0.717) is 6.04 Å². The molecule has 1 aromatic heterocycles. The minimum absolute atomic E-state index is 0.137. The maximum Gasteiger partial charge on any atom is 0.143 e. The van der Waals surface area contributed by atoms with E-state index in [4.69, 9.17) is 11.6 Å². The van der Waals surface area contributed by atoms with Crippen LogP contribution in [0.3, 0.4) is 0 Å². The van der Waals surface area contributed by atoms with Crippen molar-refractivity contribution in [3.8, 4) is 5.69 Å². The lowest BCUT2D eigenvalue weighted by Gasteiger charge is -2.22. The van der Waals surface area contributed by atoms with Crippen LogP contribution in [0.2, 0.25) is 5.02 Å². The van der Waals surface area contributed by atoms with Crippen LogP contribution >= 0.6 is 11.6 Å².